The monoisotopic (exact) mass is 525 g/mol. The number of aliphatic carboxylic acids is 1. The van der Waals surface area contributed by atoms with Crippen molar-refractivity contribution in [3.8, 4) is 0 Å². The van der Waals surface area contributed by atoms with Crippen molar-refractivity contribution in [3.63, 3.8) is 0 Å². The predicted molar refractivity (Wildman–Crippen MR) is 141 cm³/mol. The smallest absolute Gasteiger partial charge is 0.303 e. The number of carboxylic acid groups (broad SMARTS) is 1. The quantitative estimate of drug-likeness (QED) is 0.122. The Hall–Kier alpha value is -2.53. The van der Waals surface area contributed by atoms with Gasteiger partial charge in [-0.05, 0) is 56.9 Å². The number of benzene rings is 1. The fourth-order valence-corrected chi connectivity index (χ4v) is 4.65. The lowest BCUT2D eigenvalue weighted by atomic mass is 10.1. The van der Waals surface area contributed by atoms with Crippen molar-refractivity contribution in [2.24, 2.45) is 0 Å². The average molecular weight is 526 g/mol. The maximum absolute atomic E-state index is 12.0. The number of hydrogen-bond acceptors (Lipinski definition) is 7. The summed E-state index contributed by atoms with van der Waals surface area (Å²) in [4.78, 5) is 57.2. The molecule has 0 radical (unpaired) electrons. The van der Waals surface area contributed by atoms with Crippen molar-refractivity contribution in [3.05, 3.63) is 29.8 Å². The molecule has 11 heteroatoms. The zero-order valence-corrected chi connectivity index (χ0v) is 21.7. The van der Waals surface area contributed by atoms with Gasteiger partial charge in [0.15, 0.2) is 5.78 Å². The fraction of sp³-hybridized carbons (Fsp3) is 0.542. The van der Waals surface area contributed by atoms with Gasteiger partial charge in [-0.1, -0.05) is 34.4 Å². The Balaban J connectivity index is 1.95. The van der Waals surface area contributed by atoms with Gasteiger partial charge in [0.1, 0.15) is 0 Å². The van der Waals surface area contributed by atoms with Crippen molar-refractivity contribution in [2.75, 3.05) is 29.9 Å². The van der Waals surface area contributed by atoms with Crippen molar-refractivity contribution in [1.82, 2.24) is 10.6 Å². The number of ketones is 1. The van der Waals surface area contributed by atoms with Gasteiger partial charge >= 0.3 is 5.97 Å². The molecule has 0 aromatic heterocycles. The van der Waals surface area contributed by atoms with Gasteiger partial charge in [0.2, 0.25) is 17.7 Å². The van der Waals surface area contributed by atoms with Gasteiger partial charge in [-0.3, -0.25) is 24.0 Å². The molecule has 0 aliphatic rings. The molecule has 1 rings (SSSR count). The lowest BCUT2D eigenvalue weighted by Gasteiger charge is -2.07. The molecule has 0 saturated heterocycles. The number of unbranched alkanes of at least 4 members (excludes halogenated alkanes) is 4. The Morgan fingerprint density at radius 2 is 1.23 bits per heavy atom. The number of hydrogen-bond donors (Lipinski definition) is 4. The van der Waals surface area contributed by atoms with Crippen LogP contribution in [0.25, 0.3) is 0 Å². The highest BCUT2D eigenvalue weighted by Crippen LogP contribution is 2.20. The third-order valence-electron chi connectivity index (χ3n) is 4.83. The van der Waals surface area contributed by atoms with Crippen LogP contribution >= 0.6 is 21.6 Å². The number of carboxylic acids is 1. The summed E-state index contributed by atoms with van der Waals surface area (Å²) in [6.07, 6.45) is 4.97. The first-order valence-corrected chi connectivity index (χ1v) is 14.2. The molecule has 0 bridgehead atoms. The molecule has 1 aromatic carbocycles. The maximum Gasteiger partial charge on any atom is 0.303 e. The first-order chi connectivity index (χ1) is 16.8. The molecule has 0 saturated carbocycles. The highest BCUT2D eigenvalue weighted by atomic mass is 33.1. The minimum absolute atomic E-state index is 0.0190. The third kappa shape index (κ3) is 16.7. The first-order valence-electron chi connectivity index (χ1n) is 11.7. The van der Waals surface area contributed by atoms with Crippen LogP contribution in [-0.2, 0) is 19.2 Å². The molecule has 0 aliphatic heterocycles. The summed E-state index contributed by atoms with van der Waals surface area (Å²) in [5.41, 5.74) is 1.26. The van der Waals surface area contributed by atoms with Crippen molar-refractivity contribution in [1.29, 1.82) is 0 Å². The Kier molecular flexibility index (Phi) is 16.3. The van der Waals surface area contributed by atoms with E-state index in [1.165, 1.54) is 28.5 Å². The highest BCUT2D eigenvalue weighted by Gasteiger charge is 2.06. The zero-order chi connectivity index (χ0) is 25.9. The molecule has 1 aromatic rings. The van der Waals surface area contributed by atoms with Crippen molar-refractivity contribution >= 4 is 56.7 Å². The lowest BCUT2D eigenvalue weighted by Crippen LogP contribution is -2.27. The van der Waals surface area contributed by atoms with Crippen LogP contribution in [0.1, 0.15) is 68.6 Å². The zero-order valence-electron chi connectivity index (χ0n) is 20.1. The summed E-state index contributed by atoms with van der Waals surface area (Å²) in [6.45, 7) is 2.56. The number of amides is 3. The molecule has 3 amide bonds. The molecule has 0 fully saturated rings. The van der Waals surface area contributed by atoms with E-state index in [0.29, 0.717) is 43.6 Å². The van der Waals surface area contributed by atoms with E-state index in [0.717, 1.165) is 25.7 Å². The number of anilines is 1. The molecular formula is C24H35N3O6S2. The number of rotatable bonds is 19. The molecule has 0 heterocycles. The first kappa shape index (κ1) is 30.5. The summed E-state index contributed by atoms with van der Waals surface area (Å²) in [5, 5.41) is 17.0. The number of Topliss-reactive ketones (excluding diaryl/α,β-unsaturated/α-hetero) is 1. The van der Waals surface area contributed by atoms with E-state index >= 15 is 0 Å². The van der Waals surface area contributed by atoms with Gasteiger partial charge in [-0.2, -0.15) is 0 Å². The maximum atomic E-state index is 12.0. The lowest BCUT2D eigenvalue weighted by molar-refractivity contribution is -0.137. The van der Waals surface area contributed by atoms with E-state index in [2.05, 4.69) is 16.0 Å². The SMILES string of the molecule is CC(=O)c1ccc(NC(=O)CCCCCNC(=O)CSSCC(=O)NCCCCCC(=O)O)cc1. The van der Waals surface area contributed by atoms with Crippen LogP contribution in [0.3, 0.4) is 0 Å². The predicted octanol–water partition coefficient (Wildman–Crippen LogP) is 3.65. The topological polar surface area (TPSA) is 142 Å². The largest absolute Gasteiger partial charge is 0.481 e. The van der Waals surface area contributed by atoms with E-state index < -0.39 is 5.97 Å². The van der Waals surface area contributed by atoms with Crippen LogP contribution in [0.2, 0.25) is 0 Å². The van der Waals surface area contributed by atoms with Crippen molar-refractivity contribution in [2.45, 2.75) is 58.3 Å². The van der Waals surface area contributed by atoms with Crippen LogP contribution in [0.15, 0.2) is 24.3 Å². The van der Waals surface area contributed by atoms with Gasteiger partial charge in [0.05, 0.1) is 11.5 Å². The third-order valence-corrected chi connectivity index (χ3v) is 6.96. The fourth-order valence-electron chi connectivity index (χ4n) is 2.93. The molecule has 0 unspecified atom stereocenters. The Morgan fingerprint density at radius 3 is 1.71 bits per heavy atom. The molecule has 0 atom stereocenters. The summed E-state index contributed by atoms with van der Waals surface area (Å²) in [7, 11) is 2.64. The van der Waals surface area contributed by atoms with Gasteiger partial charge in [-0.15, -0.1) is 0 Å². The molecule has 194 valence electrons. The Bertz CT molecular complexity index is 833. The second-order valence-corrected chi connectivity index (χ2v) is 10.4. The van der Waals surface area contributed by atoms with Crippen LogP contribution in [0.5, 0.6) is 0 Å². The van der Waals surface area contributed by atoms with E-state index in [4.69, 9.17) is 5.11 Å². The molecular weight excluding hydrogens is 490 g/mol. The van der Waals surface area contributed by atoms with Crippen LogP contribution < -0.4 is 16.0 Å². The standard InChI is InChI=1S/C24H35N3O6S2/c1-18(28)19-10-12-20(13-11-19)27-21(29)8-4-2-6-14-25-22(30)16-34-35-17-23(31)26-15-7-3-5-9-24(32)33/h10-13H,2-9,14-17H2,1H3,(H,25,30)(H,26,31)(H,27,29)(H,32,33). The van der Waals surface area contributed by atoms with E-state index in [9.17, 15) is 24.0 Å². The van der Waals surface area contributed by atoms with Gasteiger partial charge < -0.3 is 21.1 Å². The summed E-state index contributed by atoms with van der Waals surface area (Å²) >= 11 is 0. The van der Waals surface area contributed by atoms with Gasteiger partial charge in [0, 0.05) is 37.2 Å². The van der Waals surface area contributed by atoms with Gasteiger partial charge in [0.25, 0.3) is 0 Å². The molecule has 0 spiro atoms. The molecule has 4 N–H and O–H groups in total. The minimum Gasteiger partial charge on any atom is -0.481 e. The van der Waals surface area contributed by atoms with Crippen LogP contribution in [-0.4, -0.2) is 59.2 Å². The summed E-state index contributed by atoms with van der Waals surface area (Å²) in [6, 6.07) is 6.78. The van der Waals surface area contributed by atoms with E-state index in [-0.39, 0.29) is 41.4 Å². The summed E-state index contributed by atoms with van der Waals surface area (Å²) in [5.74, 6) is -0.572. The number of carbonyl (C=O) groups excluding carboxylic acids is 4. The number of nitrogens with one attached hydrogen (secondary N) is 3. The second-order valence-electron chi connectivity index (χ2n) is 7.92. The highest BCUT2D eigenvalue weighted by molar-refractivity contribution is 8.77. The second kappa shape index (κ2) is 18.8. The molecule has 9 nitrogen and oxygen atoms in total. The van der Waals surface area contributed by atoms with E-state index in [1.807, 2.05) is 0 Å². The van der Waals surface area contributed by atoms with Crippen LogP contribution in [0.4, 0.5) is 5.69 Å². The molecule has 35 heavy (non-hydrogen) atoms. The Labute approximate surface area is 214 Å². The van der Waals surface area contributed by atoms with Crippen LogP contribution in [0, 0.1) is 0 Å². The van der Waals surface area contributed by atoms with Gasteiger partial charge in [-0.25, -0.2) is 0 Å². The molecule has 0 aliphatic carbocycles. The average Bonchev–Trinajstić information content (AvgIpc) is 2.81. The van der Waals surface area contributed by atoms with Crippen molar-refractivity contribution < 1.29 is 29.1 Å². The van der Waals surface area contributed by atoms with E-state index in [1.54, 1.807) is 24.3 Å². The summed E-state index contributed by atoms with van der Waals surface area (Å²) < 4.78 is 0. The normalized spacial score (nSPS) is 10.4. The Morgan fingerprint density at radius 1 is 0.714 bits per heavy atom. The minimum atomic E-state index is -0.803. The number of carbonyl (C=O) groups is 5.